The molecule has 0 aliphatic carbocycles. The third kappa shape index (κ3) is 2.94. The van der Waals surface area contributed by atoms with Crippen LogP contribution in [0.2, 0.25) is 0 Å². The zero-order valence-electron chi connectivity index (χ0n) is 11.7. The number of rotatable bonds is 4. The monoisotopic (exact) mass is 267 g/mol. The second kappa shape index (κ2) is 6.15. The van der Waals surface area contributed by atoms with Gasteiger partial charge in [-0.3, -0.25) is 4.90 Å². The maximum Gasteiger partial charge on any atom is 0.0567 e. The Kier molecular flexibility index (Phi) is 4.78. The van der Waals surface area contributed by atoms with E-state index >= 15 is 0 Å². The summed E-state index contributed by atoms with van der Waals surface area (Å²) in [6.45, 7) is 5.29. The van der Waals surface area contributed by atoms with Crippen LogP contribution in [0.4, 0.5) is 0 Å². The Morgan fingerprint density at radius 2 is 2.39 bits per heavy atom. The highest BCUT2D eigenvalue weighted by Crippen LogP contribution is 2.30. The van der Waals surface area contributed by atoms with Gasteiger partial charge in [-0.1, -0.05) is 0 Å². The van der Waals surface area contributed by atoms with Crippen molar-refractivity contribution >= 4 is 11.3 Å². The maximum absolute atomic E-state index is 6.03. The Labute approximate surface area is 115 Å². The molecule has 2 rings (SSSR count). The molecule has 1 saturated heterocycles. The third-order valence-corrected chi connectivity index (χ3v) is 5.21. The average Bonchev–Trinajstić information content (AvgIpc) is 2.77. The van der Waals surface area contributed by atoms with Gasteiger partial charge in [-0.15, -0.1) is 11.3 Å². The number of nitrogens with zero attached hydrogens (tertiary/aromatic N) is 2. The van der Waals surface area contributed by atoms with Crippen LogP contribution in [0.5, 0.6) is 0 Å². The zero-order chi connectivity index (χ0) is 13.1. The number of likely N-dealkylation sites (N-methyl/N-ethyl adjacent to an activating group) is 2. The van der Waals surface area contributed by atoms with Crippen molar-refractivity contribution in [1.82, 2.24) is 9.80 Å². The summed E-state index contributed by atoms with van der Waals surface area (Å²) in [5.74, 6) is 0. The highest BCUT2D eigenvalue weighted by Gasteiger charge is 2.27. The zero-order valence-corrected chi connectivity index (χ0v) is 12.5. The van der Waals surface area contributed by atoms with E-state index in [1.165, 1.54) is 29.8 Å². The second-order valence-electron chi connectivity index (χ2n) is 5.44. The van der Waals surface area contributed by atoms with Crippen molar-refractivity contribution in [3.05, 3.63) is 21.9 Å². The Morgan fingerprint density at radius 3 is 2.94 bits per heavy atom. The summed E-state index contributed by atoms with van der Waals surface area (Å²) in [4.78, 5) is 6.36. The molecule has 2 unspecified atom stereocenters. The van der Waals surface area contributed by atoms with Crippen LogP contribution in [0.25, 0.3) is 0 Å². The lowest BCUT2D eigenvalue weighted by Crippen LogP contribution is -2.47. The summed E-state index contributed by atoms with van der Waals surface area (Å²) < 4.78 is 0. The first kappa shape index (κ1) is 14.0. The number of thiophene rings is 1. The normalized spacial score (nSPS) is 23.5. The molecular formula is C14H25N3S. The van der Waals surface area contributed by atoms with E-state index in [2.05, 4.69) is 42.3 Å². The predicted molar refractivity (Wildman–Crippen MR) is 79.1 cm³/mol. The number of piperidine rings is 1. The Morgan fingerprint density at radius 1 is 1.61 bits per heavy atom. The van der Waals surface area contributed by atoms with Crippen molar-refractivity contribution in [3.8, 4) is 0 Å². The van der Waals surface area contributed by atoms with Gasteiger partial charge < -0.3 is 10.6 Å². The van der Waals surface area contributed by atoms with E-state index in [1.807, 2.05) is 11.3 Å². The molecule has 0 aromatic carbocycles. The van der Waals surface area contributed by atoms with Crippen LogP contribution in [0.15, 0.2) is 11.4 Å². The molecule has 1 aromatic heterocycles. The van der Waals surface area contributed by atoms with E-state index in [0.29, 0.717) is 18.6 Å². The van der Waals surface area contributed by atoms with E-state index < -0.39 is 0 Å². The molecule has 0 saturated carbocycles. The van der Waals surface area contributed by atoms with Crippen LogP contribution in [0.3, 0.4) is 0 Å². The minimum absolute atomic E-state index is 0.376. The van der Waals surface area contributed by atoms with Crippen LogP contribution in [-0.4, -0.2) is 49.6 Å². The van der Waals surface area contributed by atoms with Crippen molar-refractivity contribution in [2.24, 2.45) is 5.73 Å². The topological polar surface area (TPSA) is 32.5 Å². The lowest BCUT2D eigenvalue weighted by molar-refractivity contribution is 0.102. The molecule has 0 radical (unpaired) electrons. The summed E-state index contributed by atoms with van der Waals surface area (Å²) in [5, 5.41) is 2.17. The highest BCUT2D eigenvalue weighted by atomic mass is 32.1. The van der Waals surface area contributed by atoms with Crippen molar-refractivity contribution in [3.63, 3.8) is 0 Å². The molecule has 0 bridgehead atoms. The van der Waals surface area contributed by atoms with Gasteiger partial charge in [-0.2, -0.15) is 0 Å². The van der Waals surface area contributed by atoms with Crippen molar-refractivity contribution < 1.29 is 0 Å². The molecule has 4 heteroatoms. The standard InChI is InChI=1S/C14H25N3S/c1-11-6-8-18-14(11)13(9-15)17(3)12-5-4-7-16(2)10-12/h6,8,12-13H,4-5,7,9-10,15H2,1-3H3. The molecule has 3 nitrogen and oxygen atoms in total. The molecule has 0 amide bonds. The molecule has 102 valence electrons. The van der Waals surface area contributed by atoms with Gasteiger partial charge in [0.05, 0.1) is 6.04 Å². The highest BCUT2D eigenvalue weighted by molar-refractivity contribution is 7.10. The quantitative estimate of drug-likeness (QED) is 0.906. The first-order valence-corrected chi connectivity index (χ1v) is 7.66. The van der Waals surface area contributed by atoms with E-state index in [4.69, 9.17) is 5.73 Å². The fraction of sp³-hybridized carbons (Fsp3) is 0.714. The lowest BCUT2D eigenvalue weighted by atomic mass is 10.0. The largest absolute Gasteiger partial charge is 0.329 e. The lowest BCUT2D eigenvalue weighted by Gasteiger charge is -2.39. The van der Waals surface area contributed by atoms with Gasteiger partial charge in [-0.25, -0.2) is 0 Å². The van der Waals surface area contributed by atoms with Crippen LogP contribution < -0.4 is 5.73 Å². The number of likely N-dealkylation sites (tertiary alicyclic amines) is 1. The van der Waals surface area contributed by atoms with Gasteiger partial charge in [0, 0.05) is 24.0 Å². The molecule has 1 aromatic rings. The molecule has 1 aliphatic rings. The molecule has 2 heterocycles. The van der Waals surface area contributed by atoms with E-state index in [-0.39, 0.29) is 0 Å². The first-order chi connectivity index (χ1) is 8.63. The molecule has 0 spiro atoms. The van der Waals surface area contributed by atoms with Crippen molar-refractivity contribution in [1.29, 1.82) is 0 Å². The molecule has 2 N–H and O–H groups in total. The average molecular weight is 267 g/mol. The van der Waals surface area contributed by atoms with Crippen molar-refractivity contribution in [2.45, 2.75) is 31.8 Å². The second-order valence-corrected chi connectivity index (χ2v) is 6.39. The Hall–Kier alpha value is -0.420. The van der Waals surface area contributed by atoms with E-state index in [1.54, 1.807) is 0 Å². The summed E-state index contributed by atoms with van der Waals surface area (Å²) >= 11 is 1.84. The van der Waals surface area contributed by atoms with Crippen LogP contribution in [0, 0.1) is 6.92 Å². The van der Waals surface area contributed by atoms with Crippen molar-refractivity contribution in [2.75, 3.05) is 33.7 Å². The van der Waals surface area contributed by atoms with Gasteiger partial charge in [0.2, 0.25) is 0 Å². The number of aryl methyl sites for hydroxylation is 1. The summed E-state index contributed by atoms with van der Waals surface area (Å²) in [6, 6.07) is 3.21. The fourth-order valence-corrected chi connectivity index (χ4v) is 4.00. The first-order valence-electron chi connectivity index (χ1n) is 6.78. The summed E-state index contributed by atoms with van der Waals surface area (Å²) in [6.07, 6.45) is 2.59. The van der Waals surface area contributed by atoms with Crippen LogP contribution in [-0.2, 0) is 0 Å². The van der Waals surface area contributed by atoms with Gasteiger partial charge in [0.15, 0.2) is 0 Å². The maximum atomic E-state index is 6.03. The third-order valence-electron chi connectivity index (χ3n) is 4.09. The fourth-order valence-electron chi connectivity index (χ4n) is 2.91. The smallest absolute Gasteiger partial charge is 0.0567 e. The SMILES string of the molecule is Cc1ccsc1C(CN)N(C)C1CCCN(C)C1. The van der Waals surface area contributed by atoms with Crippen LogP contribution >= 0.6 is 11.3 Å². The Balaban J connectivity index is 2.10. The van der Waals surface area contributed by atoms with Gasteiger partial charge >= 0.3 is 0 Å². The molecule has 2 atom stereocenters. The minimum Gasteiger partial charge on any atom is -0.329 e. The molecular weight excluding hydrogens is 242 g/mol. The van der Waals surface area contributed by atoms with Gasteiger partial charge in [-0.05, 0) is 57.4 Å². The van der Waals surface area contributed by atoms with Crippen LogP contribution in [0.1, 0.15) is 29.3 Å². The number of nitrogens with two attached hydrogens (primary N) is 1. The predicted octanol–water partition coefficient (Wildman–Crippen LogP) is 2.08. The van der Waals surface area contributed by atoms with Gasteiger partial charge in [0.1, 0.15) is 0 Å². The molecule has 1 aliphatic heterocycles. The number of hydrogen-bond acceptors (Lipinski definition) is 4. The number of hydrogen-bond donors (Lipinski definition) is 1. The minimum atomic E-state index is 0.376. The molecule has 1 fully saturated rings. The molecule has 18 heavy (non-hydrogen) atoms. The van der Waals surface area contributed by atoms with E-state index in [0.717, 1.165) is 6.54 Å². The van der Waals surface area contributed by atoms with E-state index in [9.17, 15) is 0 Å². The summed E-state index contributed by atoms with van der Waals surface area (Å²) in [5.41, 5.74) is 7.41. The summed E-state index contributed by atoms with van der Waals surface area (Å²) in [7, 11) is 4.45. The van der Waals surface area contributed by atoms with Gasteiger partial charge in [0.25, 0.3) is 0 Å². The Bertz CT molecular complexity index is 377.